The highest BCUT2D eigenvalue weighted by atomic mass is 19.1. The molecule has 7 heteroatoms. The van der Waals surface area contributed by atoms with Crippen molar-refractivity contribution in [2.24, 2.45) is 5.41 Å². The second-order valence-electron chi connectivity index (χ2n) is 7.49. The van der Waals surface area contributed by atoms with Crippen molar-refractivity contribution >= 4 is 22.8 Å². The van der Waals surface area contributed by atoms with Crippen molar-refractivity contribution in [3.8, 4) is 0 Å². The highest BCUT2D eigenvalue weighted by Crippen LogP contribution is 2.51. The molecule has 3 rings (SSSR count). The van der Waals surface area contributed by atoms with Crippen LogP contribution in [0.15, 0.2) is 24.3 Å². The van der Waals surface area contributed by atoms with Crippen LogP contribution in [0.1, 0.15) is 43.2 Å². The molecule has 2 unspecified atom stereocenters. The summed E-state index contributed by atoms with van der Waals surface area (Å²) in [6.07, 6.45) is -0.0575. The van der Waals surface area contributed by atoms with Crippen molar-refractivity contribution in [3.05, 3.63) is 41.3 Å². The number of carbonyl (C=O) groups is 2. The Labute approximate surface area is 156 Å². The zero-order valence-electron chi connectivity index (χ0n) is 15.8. The lowest BCUT2D eigenvalue weighted by Gasteiger charge is -2.58. The summed E-state index contributed by atoms with van der Waals surface area (Å²) in [5.74, 6) is -2.02. The van der Waals surface area contributed by atoms with Crippen LogP contribution in [0.5, 0.6) is 0 Å². The minimum Gasteiger partial charge on any atom is -0.479 e. The number of pyridine rings is 1. The van der Waals surface area contributed by atoms with E-state index in [1.807, 2.05) is 6.92 Å². The van der Waals surface area contributed by atoms with Gasteiger partial charge in [0.1, 0.15) is 11.4 Å². The van der Waals surface area contributed by atoms with E-state index in [9.17, 15) is 19.1 Å². The highest BCUT2D eigenvalue weighted by molar-refractivity contribution is 6.01. The average Bonchev–Trinajstić information content (AvgIpc) is 2.59. The Hall–Kier alpha value is -2.54. The number of carbonyl (C=O) groups excluding carboxylic acids is 1. The number of rotatable bonds is 5. The second-order valence-corrected chi connectivity index (χ2v) is 7.49. The molecule has 0 aliphatic heterocycles. The van der Waals surface area contributed by atoms with Crippen molar-refractivity contribution in [1.82, 2.24) is 10.3 Å². The standard InChI is InChI=1S/C20H23FN2O4/c1-5-27-16-10-20(18(25)26,19(16,3)4)23-17(24)14-8-12-6-7-13(21)9-15(12)22-11(14)2/h6-9,16H,5,10H2,1-4H3,(H,23,24)(H,25,26). The third-order valence-electron chi connectivity index (χ3n) is 5.67. The first kappa shape index (κ1) is 19.2. The van der Waals surface area contributed by atoms with Crippen LogP contribution in [-0.4, -0.2) is 40.2 Å². The minimum atomic E-state index is -1.42. The van der Waals surface area contributed by atoms with Crippen molar-refractivity contribution in [2.75, 3.05) is 6.61 Å². The molecule has 144 valence electrons. The number of ether oxygens (including phenoxy) is 1. The van der Waals surface area contributed by atoms with Gasteiger partial charge in [0.2, 0.25) is 0 Å². The molecule has 1 aromatic carbocycles. The molecule has 1 aliphatic rings. The summed E-state index contributed by atoms with van der Waals surface area (Å²) in [6.45, 7) is 7.52. The topological polar surface area (TPSA) is 88.5 Å². The van der Waals surface area contributed by atoms with Crippen molar-refractivity contribution < 1.29 is 23.8 Å². The Morgan fingerprint density at radius 2 is 2.07 bits per heavy atom. The Kier molecular flexibility index (Phi) is 4.67. The lowest BCUT2D eigenvalue weighted by Crippen LogP contribution is -2.76. The van der Waals surface area contributed by atoms with Crippen molar-refractivity contribution in [2.45, 2.75) is 45.8 Å². The van der Waals surface area contributed by atoms with E-state index >= 15 is 0 Å². The van der Waals surface area contributed by atoms with Gasteiger partial charge in [-0.25, -0.2) is 9.18 Å². The smallest absolute Gasteiger partial charge is 0.330 e. The second kappa shape index (κ2) is 6.56. The molecule has 1 aliphatic carbocycles. The lowest BCUT2D eigenvalue weighted by molar-refractivity contribution is -0.190. The zero-order chi connectivity index (χ0) is 20.0. The molecule has 1 fully saturated rings. The highest BCUT2D eigenvalue weighted by Gasteiger charge is 2.66. The largest absolute Gasteiger partial charge is 0.479 e. The number of halogens is 1. The molecule has 0 saturated heterocycles. The Morgan fingerprint density at radius 1 is 1.37 bits per heavy atom. The molecular formula is C20H23FN2O4. The third-order valence-corrected chi connectivity index (χ3v) is 5.67. The molecule has 0 spiro atoms. The van der Waals surface area contributed by atoms with Gasteiger partial charge in [-0.3, -0.25) is 9.78 Å². The summed E-state index contributed by atoms with van der Waals surface area (Å²) >= 11 is 0. The van der Waals surface area contributed by atoms with Gasteiger partial charge in [-0.2, -0.15) is 0 Å². The number of aliphatic carboxylic acids is 1. The minimum absolute atomic E-state index is 0.195. The molecule has 0 radical (unpaired) electrons. The normalized spacial score (nSPS) is 23.7. The van der Waals surface area contributed by atoms with Gasteiger partial charge in [0.15, 0.2) is 0 Å². The molecule has 1 aromatic heterocycles. The summed E-state index contributed by atoms with van der Waals surface area (Å²) < 4.78 is 19.0. The maximum absolute atomic E-state index is 13.4. The first-order valence-corrected chi connectivity index (χ1v) is 8.87. The quantitative estimate of drug-likeness (QED) is 0.840. The number of nitrogens with one attached hydrogen (secondary N) is 1. The molecule has 1 saturated carbocycles. The number of nitrogens with zero attached hydrogens (tertiary/aromatic N) is 1. The number of carboxylic acids is 1. The van der Waals surface area contributed by atoms with Gasteiger partial charge < -0.3 is 15.2 Å². The fraction of sp³-hybridized carbons (Fsp3) is 0.450. The van der Waals surface area contributed by atoms with Crippen LogP contribution < -0.4 is 5.32 Å². The van der Waals surface area contributed by atoms with Crippen LogP contribution in [0.4, 0.5) is 4.39 Å². The van der Waals surface area contributed by atoms with E-state index in [1.165, 1.54) is 12.1 Å². The molecular weight excluding hydrogens is 351 g/mol. The first-order chi connectivity index (χ1) is 12.6. The van der Waals surface area contributed by atoms with Crippen LogP contribution in [0.25, 0.3) is 10.9 Å². The van der Waals surface area contributed by atoms with Gasteiger partial charge in [-0.15, -0.1) is 0 Å². The zero-order valence-corrected chi connectivity index (χ0v) is 15.8. The summed E-state index contributed by atoms with van der Waals surface area (Å²) in [7, 11) is 0. The molecule has 1 amide bonds. The molecule has 1 heterocycles. The number of fused-ring (bicyclic) bond motifs is 1. The van der Waals surface area contributed by atoms with Gasteiger partial charge in [0, 0.05) is 29.9 Å². The lowest BCUT2D eigenvalue weighted by atomic mass is 9.54. The van der Waals surface area contributed by atoms with Gasteiger partial charge >= 0.3 is 5.97 Å². The third kappa shape index (κ3) is 2.96. The summed E-state index contributed by atoms with van der Waals surface area (Å²) in [6, 6.07) is 5.74. The predicted molar refractivity (Wildman–Crippen MR) is 98.1 cm³/mol. The van der Waals surface area contributed by atoms with Gasteiger partial charge in [0.25, 0.3) is 5.91 Å². The van der Waals surface area contributed by atoms with Crippen LogP contribution in [0, 0.1) is 18.2 Å². The van der Waals surface area contributed by atoms with E-state index in [2.05, 4.69) is 10.3 Å². The van der Waals surface area contributed by atoms with E-state index in [0.29, 0.717) is 23.2 Å². The van der Waals surface area contributed by atoms with Crippen molar-refractivity contribution in [1.29, 1.82) is 0 Å². The molecule has 2 aromatic rings. The average molecular weight is 374 g/mol. The van der Waals surface area contributed by atoms with E-state index in [-0.39, 0.29) is 18.1 Å². The Balaban J connectivity index is 1.94. The number of benzene rings is 1. The van der Waals surface area contributed by atoms with E-state index in [0.717, 1.165) is 0 Å². The molecule has 0 bridgehead atoms. The number of amides is 1. The number of aryl methyl sites for hydroxylation is 1. The summed E-state index contributed by atoms with van der Waals surface area (Å²) in [4.78, 5) is 29.2. The van der Waals surface area contributed by atoms with Crippen LogP contribution in [-0.2, 0) is 9.53 Å². The SMILES string of the molecule is CCOC1CC(NC(=O)c2cc3ccc(F)cc3nc2C)(C(=O)O)C1(C)C. The van der Waals surface area contributed by atoms with Gasteiger partial charge in [0.05, 0.1) is 22.9 Å². The van der Waals surface area contributed by atoms with E-state index in [1.54, 1.807) is 32.9 Å². The van der Waals surface area contributed by atoms with Crippen LogP contribution >= 0.6 is 0 Å². The molecule has 6 nitrogen and oxygen atoms in total. The number of carboxylic acid groups (broad SMARTS) is 1. The fourth-order valence-electron chi connectivity index (χ4n) is 3.76. The number of hydrogen-bond acceptors (Lipinski definition) is 4. The molecule has 2 N–H and O–H groups in total. The van der Waals surface area contributed by atoms with Gasteiger partial charge in [-0.05, 0) is 32.0 Å². The summed E-state index contributed by atoms with van der Waals surface area (Å²) in [5, 5.41) is 13.2. The fourth-order valence-corrected chi connectivity index (χ4v) is 3.76. The van der Waals surface area contributed by atoms with Gasteiger partial charge in [-0.1, -0.05) is 13.8 Å². The van der Waals surface area contributed by atoms with Crippen LogP contribution in [0.3, 0.4) is 0 Å². The monoisotopic (exact) mass is 374 g/mol. The number of aromatic nitrogens is 1. The maximum atomic E-state index is 13.4. The Morgan fingerprint density at radius 3 is 2.67 bits per heavy atom. The maximum Gasteiger partial charge on any atom is 0.330 e. The number of hydrogen-bond donors (Lipinski definition) is 2. The van der Waals surface area contributed by atoms with E-state index in [4.69, 9.17) is 4.74 Å². The summed E-state index contributed by atoms with van der Waals surface area (Å²) in [5.41, 5.74) is -1.08. The van der Waals surface area contributed by atoms with Crippen molar-refractivity contribution in [3.63, 3.8) is 0 Å². The van der Waals surface area contributed by atoms with E-state index < -0.39 is 28.6 Å². The molecule has 2 atom stereocenters. The molecule has 27 heavy (non-hydrogen) atoms. The predicted octanol–water partition coefficient (Wildman–Crippen LogP) is 3.07. The Bertz CT molecular complexity index is 928. The van der Waals surface area contributed by atoms with Crippen LogP contribution in [0.2, 0.25) is 0 Å². The first-order valence-electron chi connectivity index (χ1n) is 8.87.